The normalized spacial score (nSPS) is 18.2. The van der Waals surface area contributed by atoms with Crippen LogP contribution in [-0.4, -0.2) is 31.1 Å². The second-order valence-corrected chi connectivity index (χ2v) is 10.1. The number of carbonyl (C=O) groups excluding carboxylic acids is 1. The molecular weight excluding hydrogens is 443 g/mol. The van der Waals surface area contributed by atoms with Crippen LogP contribution in [0.1, 0.15) is 40.7 Å². The predicted octanol–water partition coefficient (Wildman–Crippen LogP) is 3.50. The van der Waals surface area contributed by atoms with Crippen molar-refractivity contribution in [3.63, 3.8) is 0 Å². The summed E-state index contributed by atoms with van der Waals surface area (Å²) in [5.74, 6) is -1.42. The average molecular weight is 469 g/mol. The van der Waals surface area contributed by atoms with E-state index in [0.29, 0.717) is 17.7 Å². The molecule has 0 saturated heterocycles. The quantitative estimate of drug-likeness (QED) is 0.600. The number of sulfonamides is 1. The summed E-state index contributed by atoms with van der Waals surface area (Å²) in [4.78, 5) is 26.0. The molecule has 33 heavy (non-hydrogen) atoms. The van der Waals surface area contributed by atoms with E-state index in [1.165, 1.54) is 4.57 Å². The summed E-state index contributed by atoms with van der Waals surface area (Å²) in [5.41, 5.74) is 1.66. The molecule has 1 aliphatic rings. The molecular formula is C25H25FN2O4S. The van der Waals surface area contributed by atoms with Crippen LogP contribution >= 0.6 is 0 Å². The van der Waals surface area contributed by atoms with Crippen LogP contribution in [0.25, 0.3) is 11.1 Å². The minimum absolute atomic E-state index is 0.0724. The fourth-order valence-corrected chi connectivity index (χ4v) is 5.35. The van der Waals surface area contributed by atoms with Gasteiger partial charge in [-0.25, -0.2) is 17.5 Å². The number of carbonyl (C=O) groups is 1. The zero-order valence-electron chi connectivity index (χ0n) is 18.4. The van der Waals surface area contributed by atoms with Crippen LogP contribution in [0, 0.1) is 5.82 Å². The van der Waals surface area contributed by atoms with E-state index < -0.39 is 27.8 Å². The topological polar surface area (TPSA) is 85.2 Å². The fraction of sp³-hybridized carbons (Fsp3) is 0.280. The number of Topliss-reactive ketones (excluding diaryl/α,β-unsaturated/α-hetero) is 1. The minimum atomic E-state index is -3.67. The van der Waals surface area contributed by atoms with Crippen LogP contribution in [0.5, 0.6) is 0 Å². The Morgan fingerprint density at radius 3 is 2.42 bits per heavy atom. The summed E-state index contributed by atoms with van der Waals surface area (Å²) < 4.78 is 43.7. The SMILES string of the molecule is CCn1ccc2c(c1=O)[C@@H](Cc1cccc(-c3ccccc3)c1F)[C@@H](NS(C)(=O)=O)CC2=O. The standard InChI is InChI=1S/C25H25FN2O4S/c1-3-28-13-12-19-22(29)15-21(27-33(2,31)32)20(23(19)25(28)30)14-17-10-7-11-18(24(17)26)16-8-5-4-6-9-16/h4-13,20-21,27H,3,14-15H2,1-2H3/t20-,21-/m0/s1. The van der Waals surface area contributed by atoms with Gasteiger partial charge in [0.2, 0.25) is 10.0 Å². The highest BCUT2D eigenvalue weighted by molar-refractivity contribution is 7.88. The van der Waals surface area contributed by atoms with E-state index in [0.717, 1.165) is 11.8 Å². The third-order valence-corrected chi connectivity index (χ3v) is 6.81. The molecule has 1 aromatic heterocycles. The van der Waals surface area contributed by atoms with Gasteiger partial charge in [-0.1, -0.05) is 48.5 Å². The third kappa shape index (κ3) is 4.67. The van der Waals surface area contributed by atoms with Gasteiger partial charge >= 0.3 is 0 Å². The van der Waals surface area contributed by atoms with E-state index in [1.807, 2.05) is 37.3 Å². The van der Waals surface area contributed by atoms with Gasteiger partial charge in [-0.15, -0.1) is 0 Å². The first kappa shape index (κ1) is 23.1. The monoisotopic (exact) mass is 468 g/mol. The Balaban J connectivity index is 1.85. The van der Waals surface area contributed by atoms with E-state index in [1.54, 1.807) is 30.5 Å². The molecule has 0 spiro atoms. The summed E-state index contributed by atoms with van der Waals surface area (Å²) >= 11 is 0. The molecule has 1 heterocycles. The van der Waals surface area contributed by atoms with Crippen LogP contribution in [-0.2, 0) is 23.0 Å². The molecule has 1 aliphatic carbocycles. The zero-order chi connectivity index (χ0) is 23.8. The van der Waals surface area contributed by atoms with Crippen molar-refractivity contribution >= 4 is 15.8 Å². The molecule has 0 amide bonds. The minimum Gasteiger partial charge on any atom is -0.316 e. The molecule has 0 radical (unpaired) electrons. The highest BCUT2D eigenvalue weighted by Gasteiger charge is 2.38. The van der Waals surface area contributed by atoms with Crippen molar-refractivity contribution in [3.05, 3.63) is 93.7 Å². The first-order chi connectivity index (χ1) is 15.7. The van der Waals surface area contributed by atoms with Crippen molar-refractivity contribution in [1.29, 1.82) is 0 Å². The van der Waals surface area contributed by atoms with Crippen LogP contribution in [0.4, 0.5) is 4.39 Å². The van der Waals surface area contributed by atoms with Crippen molar-refractivity contribution in [2.45, 2.75) is 38.3 Å². The number of aromatic nitrogens is 1. The van der Waals surface area contributed by atoms with Gasteiger partial charge in [0, 0.05) is 47.8 Å². The van der Waals surface area contributed by atoms with Crippen LogP contribution < -0.4 is 10.3 Å². The van der Waals surface area contributed by atoms with Crippen molar-refractivity contribution in [1.82, 2.24) is 9.29 Å². The van der Waals surface area contributed by atoms with Crippen molar-refractivity contribution in [2.24, 2.45) is 0 Å². The van der Waals surface area contributed by atoms with E-state index in [4.69, 9.17) is 0 Å². The average Bonchev–Trinajstić information content (AvgIpc) is 2.77. The maximum absolute atomic E-state index is 15.6. The second kappa shape index (κ2) is 9.03. The number of hydrogen-bond acceptors (Lipinski definition) is 4. The number of nitrogens with zero attached hydrogens (tertiary/aromatic N) is 1. The third-order valence-electron chi connectivity index (χ3n) is 6.07. The number of hydrogen-bond donors (Lipinski definition) is 1. The molecule has 2 atom stereocenters. The lowest BCUT2D eigenvalue weighted by molar-refractivity contribution is 0.0953. The lowest BCUT2D eigenvalue weighted by Gasteiger charge is -2.33. The Labute approximate surface area is 192 Å². The first-order valence-corrected chi connectivity index (χ1v) is 12.7. The molecule has 0 aliphatic heterocycles. The molecule has 4 rings (SSSR count). The molecule has 0 saturated carbocycles. The molecule has 172 valence electrons. The molecule has 0 bridgehead atoms. The number of rotatable bonds is 6. The predicted molar refractivity (Wildman–Crippen MR) is 125 cm³/mol. The van der Waals surface area contributed by atoms with Gasteiger partial charge in [0.1, 0.15) is 5.82 Å². The molecule has 1 N–H and O–H groups in total. The van der Waals surface area contributed by atoms with Gasteiger partial charge in [0.25, 0.3) is 5.56 Å². The smallest absolute Gasteiger partial charge is 0.254 e. The molecule has 0 fully saturated rings. The Morgan fingerprint density at radius 1 is 1.03 bits per heavy atom. The number of ketones is 1. The van der Waals surface area contributed by atoms with Crippen LogP contribution in [0.15, 0.2) is 65.6 Å². The van der Waals surface area contributed by atoms with Crippen LogP contribution in [0.3, 0.4) is 0 Å². The number of halogens is 1. The van der Waals surface area contributed by atoms with Crippen molar-refractivity contribution in [3.8, 4) is 11.1 Å². The van der Waals surface area contributed by atoms with Gasteiger partial charge in [-0.3, -0.25) is 9.59 Å². The summed E-state index contributed by atoms with van der Waals surface area (Å²) in [6.45, 7) is 2.21. The Hall–Kier alpha value is -3.10. The first-order valence-electron chi connectivity index (χ1n) is 10.8. The van der Waals surface area contributed by atoms with Crippen LogP contribution in [0.2, 0.25) is 0 Å². The van der Waals surface area contributed by atoms with E-state index in [2.05, 4.69) is 4.72 Å². The van der Waals surface area contributed by atoms with Crippen molar-refractivity contribution < 1.29 is 17.6 Å². The zero-order valence-corrected chi connectivity index (χ0v) is 19.2. The lowest BCUT2D eigenvalue weighted by atomic mass is 9.76. The summed E-state index contributed by atoms with van der Waals surface area (Å²) in [6.07, 6.45) is 2.55. The summed E-state index contributed by atoms with van der Waals surface area (Å²) in [5, 5.41) is 0. The van der Waals surface area contributed by atoms with Gasteiger partial charge < -0.3 is 4.57 Å². The second-order valence-electron chi connectivity index (χ2n) is 8.31. The summed E-state index contributed by atoms with van der Waals surface area (Å²) in [7, 11) is -3.67. The van der Waals surface area contributed by atoms with Gasteiger partial charge in [0.05, 0.1) is 6.26 Å². The van der Waals surface area contributed by atoms with E-state index >= 15 is 4.39 Å². The van der Waals surface area contributed by atoms with Gasteiger partial charge in [-0.05, 0) is 30.5 Å². The molecule has 3 aromatic rings. The number of pyridine rings is 1. The highest BCUT2D eigenvalue weighted by atomic mass is 32.2. The lowest BCUT2D eigenvalue weighted by Crippen LogP contribution is -2.47. The Bertz CT molecular complexity index is 1370. The number of aryl methyl sites for hydroxylation is 1. The molecule has 0 unspecified atom stereocenters. The van der Waals surface area contributed by atoms with E-state index in [9.17, 15) is 18.0 Å². The van der Waals surface area contributed by atoms with Crippen molar-refractivity contribution in [2.75, 3.05) is 6.26 Å². The van der Waals surface area contributed by atoms with Gasteiger partial charge in [0.15, 0.2) is 5.78 Å². The fourth-order valence-electron chi connectivity index (χ4n) is 4.55. The largest absolute Gasteiger partial charge is 0.316 e. The molecule has 6 nitrogen and oxygen atoms in total. The summed E-state index contributed by atoms with van der Waals surface area (Å²) in [6, 6.07) is 14.9. The highest BCUT2D eigenvalue weighted by Crippen LogP contribution is 2.35. The Kier molecular flexibility index (Phi) is 6.32. The molecule has 2 aromatic carbocycles. The van der Waals surface area contributed by atoms with E-state index in [-0.39, 0.29) is 35.3 Å². The maximum atomic E-state index is 15.6. The Morgan fingerprint density at radius 2 is 1.76 bits per heavy atom. The maximum Gasteiger partial charge on any atom is 0.254 e. The molecule has 8 heteroatoms. The number of fused-ring (bicyclic) bond motifs is 1. The number of benzene rings is 2. The number of nitrogens with one attached hydrogen (secondary N) is 1. The van der Waals surface area contributed by atoms with Gasteiger partial charge in [-0.2, -0.15) is 0 Å².